The first-order chi connectivity index (χ1) is 9.33. The van der Waals surface area contributed by atoms with Crippen LogP contribution in [0.15, 0.2) is 60.4 Å². The van der Waals surface area contributed by atoms with E-state index in [0.717, 1.165) is 16.9 Å². The first kappa shape index (κ1) is 12.1. The molecule has 0 spiro atoms. The van der Waals surface area contributed by atoms with Gasteiger partial charge in [0, 0.05) is 10.6 Å². The average molecular weight is 273 g/mol. The molecular weight excluding hydrogens is 260 g/mol. The molecule has 1 aliphatic rings. The molecule has 19 heavy (non-hydrogen) atoms. The summed E-state index contributed by atoms with van der Waals surface area (Å²) >= 11 is 6.12. The molecule has 1 aliphatic heterocycles. The molecule has 96 valence electrons. The second-order valence-corrected chi connectivity index (χ2v) is 4.64. The summed E-state index contributed by atoms with van der Waals surface area (Å²) in [6.45, 7) is 0. The Morgan fingerprint density at radius 3 is 2.53 bits per heavy atom. The molecule has 1 atom stereocenters. The molecule has 3 rings (SSSR count). The standard InChI is InChI=1S/C15H13ClN2O/c16-13-9-5-4-8-12(13)10-14-17-15(19-18-14)11-6-2-1-3-7-11/h1-10,15,17-18H/b14-10-. The Bertz CT molecular complexity index is 598. The molecule has 1 heterocycles. The maximum atomic E-state index is 6.12. The predicted octanol–water partition coefficient (Wildman–Crippen LogP) is 3.46. The Morgan fingerprint density at radius 2 is 1.74 bits per heavy atom. The topological polar surface area (TPSA) is 33.3 Å². The van der Waals surface area contributed by atoms with Crippen LogP contribution in [0.25, 0.3) is 6.08 Å². The van der Waals surface area contributed by atoms with Gasteiger partial charge in [0.1, 0.15) is 5.82 Å². The lowest BCUT2D eigenvalue weighted by Gasteiger charge is -2.07. The van der Waals surface area contributed by atoms with Gasteiger partial charge in [-0.1, -0.05) is 60.1 Å². The van der Waals surface area contributed by atoms with Crippen LogP contribution >= 0.6 is 11.6 Å². The molecule has 0 bridgehead atoms. The highest BCUT2D eigenvalue weighted by Gasteiger charge is 2.20. The first-order valence-electron chi connectivity index (χ1n) is 6.02. The molecule has 2 aromatic carbocycles. The maximum Gasteiger partial charge on any atom is 0.181 e. The van der Waals surface area contributed by atoms with Gasteiger partial charge in [-0.2, -0.15) is 0 Å². The zero-order valence-corrected chi connectivity index (χ0v) is 10.9. The van der Waals surface area contributed by atoms with Crippen molar-refractivity contribution in [1.82, 2.24) is 10.8 Å². The molecule has 0 aliphatic carbocycles. The minimum absolute atomic E-state index is 0.185. The highest BCUT2D eigenvalue weighted by molar-refractivity contribution is 6.32. The summed E-state index contributed by atoms with van der Waals surface area (Å²) in [6, 6.07) is 17.6. The number of hydroxylamine groups is 1. The summed E-state index contributed by atoms with van der Waals surface area (Å²) in [4.78, 5) is 5.49. The molecule has 0 radical (unpaired) electrons. The quantitative estimate of drug-likeness (QED) is 0.878. The third-order valence-electron chi connectivity index (χ3n) is 2.88. The zero-order valence-electron chi connectivity index (χ0n) is 10.1. The Balaban J connectivity index is 1.78. The van der Waals surface area contributed by atoms with Crippen molar-refractivity contribution in [3.8, 4) is 0 Å². The second-order valence-electron chi connectivity index (χ2n) is 4.23. The fourth-order valence-electron chi connectivity index (χ4n) is 1.92. The van der Waals surface area contributed by atoms with Crippen LogP contribution in [0, 0.1) is 0 Å². The zero-order chi connectivity index (χ0) is 13.1. The molecule has 1 fully saturated rings. The van der Waals surface area contributed by atoms with Gasteiger partial charge in [0.05, 0.1) is 0 Å². The molecule has 0 saturated carbocycles. The van der Waals surface area contributed by atoms with Gasteiger partial charge in [-0.05, 0) is 17.7 Å². The summed E-state index contributed by atoms with van der Waals surface area (Å²) in [5, 5.41) is 3.96. The lowest BCUT2D eigenvalue weighted by atomic mass is 10.2. The summed E-state index contributed by atoms with van der Waals surface area (Å²) < 4.78 is 0. The molecular formula is C15H13ClN2O. The number of nitrogens with one attached hydrogen (secondary N) is 2. The van der Waals surface area contributed by atoms with Crippen LogP contribution in [0.1, 0.15) is 17.4 Å². The average Bonchev–Trinajstić information content (AvgIpc) is 2.91. The number of halogens is 1. The Labute approximate surface area is 116 Å². The number of benzene rings is 2. The van der Waals surface area contributed by atoms with Crippen molar-refractivity contribution < 1.29 is 4.84 Å². The molecule has 2 N–H and O–H groups in total. The van der Waals surface area contributed by atoms with E-state index in [9.17, 15) is 0 Å². The Hall–Kier alpha value is -1.97. The molecule has 1 unspecified atom stereocenters. The van der Waals surface area contributed by atoms with Crippen LogP contribution in [0.2, 0.25) is 5.02 Å². The van der Waals surface area contributed by atoms with Crippen LogP contribution in [0.4, 0.5) is 0 Å². The van der Waals surface area contributed by atoms with Crippen molar-refractivity contribution in [1.29, 1.82) is 0 Å². The SMILES string of the molecule is Clc1ccccc1/C=C1\NOC(c2ccccc2)N1. The van der Waals surface area contributed by atoms with Crippen molar-refractivity contribution in [3.05, 3.63) is 76.6 Å². The van der Waals surface area contributed by atoms with Crippen LogP contribution in [0.3, 0.4) is 0 Å². The van der Waals surface area contributed by atoms with Gasteiger partial charge in [-0.3, -0.25) is 0 Å². The van der Waals surface area contributed by atoms with Gasteiger partial charge in [0.25, 0.3) is 0 Å². The van der Waals surface area contributed by atoms with Crippen LogP contribution < -0.4 is 10.8 Å². The van der Waals surface area contributed by atoms with Gasteiger partial charge >= 0.3 is 0 Å². The number of rotatable bonds is 2. The third kappa shape index (κ3) is 2.72. The fourth-order valence-corrected chi connectivity index (χ4v) is 2.11. The lowest BCUT2D eigenvalue weighted by molar-refractivity contribution is 0.0317. The third-order valence-corrected chi connectivity index (χ3v) is 3.22. The molecule has 1 saturated heterocycles. The molecule has 0 amide bonds. The molecule has 0 aromatic heterocycles. The first-order valence-corrected chi connectivity index (χ1v) is 6.40. The lowest BCUT2D eigenvalue weighted by Crippen LogP contribution is -2.13. The van der Waals surface area contributed by atoms with Gasteiger partial charge in [-0.25, -0.2) is 10.3 Å². The van der Waals surface area contributed by atoms with Gasteiger partial charge in [0.15, 0.2) is 6.23 Å². The number of hydrogen-bond donors (Lipinski definition) is 2. The van der Waals surface area contributed by atoms with E-state index in [0.29, 0.717) is 5.02 Å². The van der Waals surface area contributed by atoms with Crippen molar-refractivity contribution >= 4 is 17.7 Å². The highest BCUT2D eigenvalue weighted by atomic mass is 35.5. The molecule has 4 heteroatoms. The number of hydrogen-bond acceptors (Lipinski definition) is 3. The molecule has 3 nitrogen and oxygen atoms in total. The van der Waals surface area contributed by atoms with E-state index < -0.39 is 0 Å². The van der Waals surface area contributed by atoms with Crippen molar-refractivity contribution in [2.45, 2.75) is 6.23 Å². The summed E-state index contributed by atoms with van der Waals surface area (Å²) in [7, 11) is 0. The van der Waals surface area contributed by atoms with E-state index in [1.54, 1.807) is 0 Å². The predicted molar refractivity (Wildman–Crippen MR) is 76.0 cm³/mol. The highest BCUT2D eigenvalue weighted by Crippen LogP contribution is 2.22. The smallest absolute Gasteiger partial charge is 0.181 e. The van der Waals surface area contributed by atoms with Gasteiger partial charge < -0.3 is 5.32 Å². The maximum absolute atomic E-state index is 6.12. The van der Waals surface area contributed by atoms with E-state index in [2.05, 4.69) is 10.8 Å². The van der Waals surface area contributed by atoms with Crippen LogP contribution in [-0.2, 0) is 4.84 Å². The fraction of sp³-hybridized carbons (Fsp3) is 0.0667. The van der Waals surface area contributed by atoms with Crippen molar-refractivity contribution in [2.75, 3.05) is 0 Å². The van der Waals surface area contributed by atoms with Gasteiger partial charge in [0.2, 0.25) is 0 Å². The van der Waals surface area contributed by atoms with Crippen LogP contribution in [0.5, 0.6) is 0 Å². The monoisotopic (exact) mass is 272 g/mol. The summed E-state index contributed by atoms with van der Waals surface area (Å²) in [5.41, 5.74) is 4.88. The minimum Gasteiger partial charge on any atom is -0.339 e. The summed E-state index contributed by atoms with van der Waals surface area (Å²) in [5.74, 6) is 0.793. The molecule has 2 aromatic rings. The Kier molecular flexibility index (Phi) is 3.40. The van der Waals surface area contributed by atoms with Crippen molar-refractivity contribution in [3.63, 3.8) is 0 Å². The van der Waals surface area contributed by atoms with E-state index in [-0.39, 0.29) is 6.23 Å². The summed E-state index contributed by atoms with van der Waals surface area (Å²) in [6.07, 6.45) is 1.74. The van der Waals surface area contributed by atoms with E-state index >= 15 is 0 Å². The normalized spacial score (nSPS) is 20.1. The van der Waals surface area contributed by atoms with Crippen molar-refractivity contribution in [2.24, 2.45) is 0 Å². The van der Waals surface area contributed by atoms with E-state index in [1.807, 2.05) is 60.7 Å². The second kappa shape index (κ2) is 5.34. The van der Waals surface area contributed by atoms with Gasteiger partial charge in [-0.15, -0.1) is 0 Å². The Morgan fingerprint density at radius 1 is 1.00 bits per heavy atom. The van der Waals surface area contributed by atoms with E-state index in [4.69, 9.17) is 16.4 Å². The van der Waals surface area contributed by atoms with E-state index in [1.165, 1.54) is 0 Å². The minimum atomic E-state index is -0.185. The largest absolute Gasteiger partial charge is 0.339 e. The van der Waals surface area contributed by atoms with Crippen LogP contribution in [-0.4, -0.2) is 0 Å².